The first-order valence-corrected chi connectivity index (χ1v) is 9.75. The zero-order valence-corrected chi connectivity index (χ0v) is 16.5. The van der Waals surface area contributed by atoms with Crippen LogP contribution in [0.5, 0.6) is 0 Å². The number of hydrogen-bond acceptors (Lipinski definition) is 2. The van der Waals surface area contributed by atoms with Crippen molar-refractivity contribution in [3.05, 3.63) is 106 Å². The van der Waals surface area contributed by atoms with Gasteiger partial charge in [0, 0.05) is 11.5 Å². The van der Waals surface area contributed by atoms with Crippen LogP contribution >= 0.6 is 0 Å². The molecule has 0 bridgehead atoms. The molecule has 5 aromatic rings. The van der Waals surface area contributed by atoms with E-state index in [2.05, 4.69) is 24.3 Å². The van der Waals surface area contributed by atoms with Crippen LogP contribution in [0.3, 0.4) is 0 Å². The molecule has 3 aromatic carbocycles. The number of benzene rings is 3. The number of aryl methyl sites for hydroxylation is 2. The zero-order valence-electron chi connectivity index (χ0n) is 16.5. The van der Waals surface area contributed by atoms with Gasteiger partial charge < -0.3 is 0 Å². The summed E-state index contributed by atoms with van der Waals surface area (Å²) in [6, 6.07) is 26.2. The van der Waals surface area contributed by atoms with Crippen molar-refractivity contribution in [2.75, 3.05) is 0 Å². The van der Waals surface area contributed by atoms with Crippen molar-refractivity contribution in [3.63, 3.8) is 0 Å². The predicted molar refractivity (Wildman–Crippen MR) is 118 cm³/mol. The van der Waals surface area contributed by atoms with E-state index in [1.54, 1.807) is 6.07 Å². The van der Waals surface area contributed by atoms with E-state index in [4.69, 9.17) is 5.10 Å². The highest BCUT2D eigenvalue weighted by molar-refractivity contribution is 5.87. The Labute approximate surface area is 168 Å². The Morgan fingerprint density at radius 3 is 2.41 bits per heavy atom. The fraction of sp³-hybridized carbons (Fsp3) is 0.120. The molecule has 142 valence electrons. The largest absolute Gasteiger partial charge is 0.288 e. The van der Waals surface area contributed by atoms with Gasteiger partial charge in [0.1, 0.15) is 5.65 Å². The normalized spacial score (nSPS) is 11.4. The van der Waals surface area contributed by atoms with Gasteiger partial charge in [0.25, 0.3) is 5.56 Å². The molecule has 0 unspecified atom stereocenters. The lowest BCUT2D eigenvalue weighted by Crippen LogP contribution is -2.22. The monoisotopic (exact) mass is 379 g/mol. The summed E-state index contributed by atoms with van der Waals surface area (Å²) in [6.45, 7) is 4.48. The third-order valence-corrected chi connectivity index (χ3v) is 5.50. The van der Waals surface area contributed by atoms with E-state index in [1.807, 2.05) is 71.6 Å². The molecule has 0 saturated heterocycles. The Hall–Kier alpha value is -3.66. The Morgan fingerprint density at radius 2 is 1.59 bits per heavy atom. The van der Waals surface area contributed by atoms with Gasteiger partial charge in [0.15, 0.2) is 0 Å². The second kappa shape index (κ2) is 6.74. The standard InChI is InChI=1S/C25H21N3O/c1-17-15-23(29)27(16-20-11-8-10-19-9-6-7-14-22(19)20)25-24(17)18(2)26-28(25)21-12-4-3-5-13-21/h3-15H,16H2,1-2H3. The van der Waals surface area contributed by atoms with E-state index in [-0.39, 0.29) is 5.56 Å². The Kier molecular flexibility index (Phi) is 4.06. The van der Waals surface area contributed by atoms with Gasteiger partial charge in [-0.2, -0.15) is 5.10 Å². The fourth-order valence-corrected chi connectivity index (χ4v) is 4.17. The van der Waals surface area contributed by atoms with Gasteiger partial charge in [-0.05, 0) is 47.9 Å². The minimum atomic E-state index is -0.0139. The Balaban J connectivity index is 1.81. The van der Waals surface area contributed by atoms with Crippen LogP contribution in [0.15, 0.2) is 83.7 Å². The first kappa shape index (κ1) is 17.4. The topological polar surface area (TPSA) is 39.8 Å². The first-order valence-electron chi connectivity index (χ1n) is 9.75. The first-order chi connectivity index (χ1) is 14.1. The van der Waals surface area contributed by atoms with E-state index in [0.29, 0.717) is 6.54 Å². The minimum absolute atomic E-state index is 0.0139. The molecule has 0 fully saturated rings. The van der Waals surface area contributed by atoms with Crippen molar-refractivity contribution < 1.29 is 0 Å². The lowest BCUT2D eigenvalue weighted by atomic mass is 10.0. The molecular formula is C25H21N3O. The molecule has 5 rings (SSSR count). The summed E-state index contributed by atoms with van der Waals surface area (Å²) in [6.07, 6.45) is 0. The number of hydrogen-bond donors (Lipinski definition) is 0. The molecule has 2 heterocycles. The van der Waals surface area contributed by atoms with Crippen LogP contribution in [-0.4, -0.2) is 14.3 Å². The van der Waals surface area contributed by atoms with Crippen molar-refractivity contribution in [1.82, 2.24) is 14.3 Å². The summed E-state index contributed by atoms with van der Waals surface area (Å²) < 4.78 is 3.74. The highest BCUT2D eigenvalue weighted by Crippen LogP contribution is 2.26. The van der Waals surface area contributed by atoms with Crippen LogP contribution in [-0.2, 0) is 6.54 Å². The number of nitrogens with zero attached hydrogens (tertiary/aromatic N) is 3. The van der Waals surface area contributed by atoms with Crippen LogP contribution < -0.4 is 5.56 Å². The van der Waals surface area contributed by atoms with Crippen LogP contribution in [0.2, 0.25) is 0 Å². The van der Waals surface area contributed by atoms with Gasteiger partial charge in [0.05, 0.1) is 17.9 Å². The summed E-state index contributed by atoms with van der Waals surface area (Å²) in [5, 5.41) is 8.16. The molecule has 0 aliphatic heterocycles. The summed E-state index contributed by atoms with van der Waals surface area (Å²) in [7, 11) is 0. The lowest BCUT2D eigenvalue weighted by molar-refractivity contribution is 0.753. The number of fused-ring (bicyclic) bond motifs is 2. The van der Waals surface area contributed by atoms with Gasteiger partial charge in [-0.15, -0.1) is 0 Å². The van der Waals surface area contributed by atoms with E-state index >= 15 is 0 Å². The number of pyridine rings is 1. The number of para-hydroxylation sites is 1. The molecule has 29 heavy (non-hydrogen) atoms. The number of rotatable bonds is 3. The maximum absolute atomic E-state index is 13.1. The van der Waals surface area contributed by atoms with Crippen LogP contribution in [0.4, 0.5) is 0 Å². The van der Waals surface area contributed by atoms with Crippen LogP contribution in [0.1, 0.15) is 16.8 Å². The summed E-state index contributed by atoms with van der Waals surface area (Å²) in [5.74, 6) is 0. The molecule has 0 aliphatic rings. The zero-order chi connectivity index (χ0) is 20.0. The molecule has 4 nitrogen and oxygen atoms in total. The molecule has 4 heteroatoms. The number of aromatic nitrogens is 3. The Morgan fingerprint density at radius 1 is 0.862 bits per heavy atom. The maximum atomic E-state index is 13.1. The maximum Gasteiger partial charge on any atom is 0.252 e. The van der Waals surface area contributed by atoms with E-state index in [9.17, 15) is 4.79 Å². The average molecular weight is 379 g/mol. The van der Waals surface area contributed by atoms with Crippen molar-refractivity contribution in [2.24, 2.45) is 0 Å². The molecule has 0 radical (unpaired) electrons. The summed E-state index contributed by atoms with van der Waals surface area (Å²) in [5.41, 5.74) is 4.77. The molecular weight excluding hydrogens is 358 g/mol. The van der Waals surface area contributed by atoms with Gasteiger partial charge in [0.2, 0.25) is 0 Å². The van der Waals surface area contributed by atoms with Crippen molar-refractivity contribution in [1.29, 1.82) is 0 Å². The molecule has 0 atom stereocenters. The van der Waals surface area contributed by atoms with E-state index in [0.717, 1.165) is 38.9 Å². The van der Waals surface area contributed by atoms with Crippen LogP contribution in [0.25, 0.3) is 27.5 Å². The van der Waals surface area contributed by atoms with Gasteiger partial charge in [-0.1, -0.05) is 60.7 Å². The van der Waals surface area contributed by atoms with E-state index in [1.165, 1.54) is 5.39 Å². The van der Waals surface area contributed by atoms with Gasteiger partial charge in [-0.3, -0.25) is 9.36 Å². The highest BCUT2D eigenvalue weighted by Gasteiger charge is 2.17. The highest BCUT2D eigenvalue weighted by atomic mass is 16.1. The summed E-state index contributed by atoms with van der Waals surface area (Å²) >= 11 is 0. The fourth-order valence-electron chi connectivity index (χ4n) is 4.17. The van der Waals surface area contributed by atoms with Gasteiger partial charge in [-0.25, -0.2) is 4.68 Å². The molecule has 0 aliphatic carbocycles. The lowest BCUT2D eigenvalue weighted by Gasteiger charge is -2.14. The molecule has 2 aromatic heterocycles. The second-order valence-corrected chi connectivity index (χ2v) is 7.42. The van der Waals surface area contributed by atoms with Gasteiger partial charge >= 0.3 is 0 Å². The minimum Gasteiger partial charge on any atom is -0.288 e. The average Bonchev–Trinajstić information content (AvgIpc) is 3.09. The molecule has 0 amide bonds. The predicted octanol–water partition coefficient (Wildman–Crippen LogP) is 5.01. The second-order valence-electron chi connectivity index (χ2n) is 7.42. The Bertz CT molecular complexity index is 1410. The quantitative estimate of drug-likeness (QED) is 0.442. The third kappa shape index (κ3) is 2.85. The SMILES string of the molecule is Cc1cc(=O)n(Cc2cccc3ccccc23)c2c1c(C)nn2-c1ccccc1. The van der Waals surface area contributed by atoms with E-state index < -0.39 is 0 Å². The summed E-state index contributed by atoms with van der Waals surface area (Å²) in [4.78, 5) is 13.1. The molecule has 0 saturated carbocycles. The molecule has 0 N–H and O–H groups in total. The molecule has 0 spiro atoms. The smallest absolute Gasteiger partial charge is 0.252 e. The van der Waals surface area contributed by atoms with Crippen molar-refractivity contribution in [2.45, 2.75) is 20.4 Å². The van der Waals surface area contributed by atoms with Crippen LogP contribution in [0, 0.1) is 13.8 Å². The van der Waals surface area contributed by atoms with Crippen molar-refractivity contribution >= 4 is 21.8 Å². The third-order valence-electron chi connectivity index (χ3n) is 5.50. The van der Waals surface area contributed by atoms with Crippen molar-refractivity contribution in [3.8, 4) is 5.69 Å².